The Bertz CT molecular complexity index is 273. The summed E-state index contributed by atoms with van der Waals surface area (Å²) in [5.74, 6) is 0. The van der Waals surface area contributed by atoms with E-state index < -0.39 is 0 Å². The molecule has 0 aromatic heterocycles. The molecule has 2 saturated heterocycles. The molecule has 0 radical (unpaired) electrons. The van der Waals surface area contributed by atoms with Gasteiger partial charge in [0.25, 0.3) is 0 Å². The molecule has 0 saturated carbocycles. The van der Waals surface area contributed by atoms with Crippen LogP contribution in [0.1, 0.15) is 0 Å². The summed E-state index contributed by atoms with van der Waals surface area (Å²) in [6.45, 7) is 2.33. The summed E-state index contributed by atoms with van der Waals surface area (Å²) in [5, 5.41) is 3.38. The van der Waals surface area contributed by atoms with Gasteiger partial charge in [0.15, 0.2) is 0 Å². The molecule has 1 aromatic carbocycles. The Labute approximate surface area is 72.2 Å². The second-order valence-electron chi connectivity index (χ2n) is 3.54. The lowest BCUT2D eigenvalue weighted by molar-refractivity contribution is 0.768. The maximum Gasteiger partial charge on any atom is 0.0635 e. The first-order valence-electron chi connectivity index (χ1n) is 4.51. The number of fused-ring (bicyclic) bond motifs is 1. The fourth-order valence-electron chi connectivity index (χ4n) is 2.17. The molecule has 2 nitrogen and oxygen atoms in total. The molecule has 1 aromatic rings. The van der Waals surface area contributed by atoms with Crippen molar-refractivity contribution in [2.24, 2.45) is 0 Å². The van der Waals surface area contributed by atoms with Gasteiger partial charge < -0.3 is 10.2 Å². The highest BCUT2D eigenvalue weighted by Crippen LogP contribution is 2.36. The summed E-state index contributed by atoms with van der Waals surface area (Å²) >= 11 is 0. The molecule has 12 heavy (non-hydrogen) atoms. The highest BCUT2D eigenvalue weighted by atomic mass is 15.4. The molecular formula is C10H12N2. The van der Waals surface area contributed by atoms with Crippen molar-refractivity contribution in [3.05, 3.63) is 30.3 Å². The van der Waals surface area contributed by atoms with Gasteiger partial charge in [0.05, 0.1) is 12.1 Å². The molecule has 0 spiro atoms. The monoisotopic (exact) mass is 160 g/mol. The van der Waals surface area contributed by atoms with Crippen LogP contribution in [0.25, 0.3) is 0 Å². The Morgan fingerprint density at radius 2 is 1.75 bits per heavy atom. The Kier molecular flexibility index (Phi) is 1.21. The summed E-state index contributed by atoms with van der Waals surface area (Å²) in [6.07, 6.45) is 0. The van der Waals surface area contributed by atoms with Crippen LogP contribution >= 0.6 is 0 Å². The fourth-order valence-corrected chi connectivity index (χ4v) is 2.17. The van der Waals surface area contributed by atoms with Gasteiger partial charge in [-0.1, -0.05) is 18.2 Å². The van der Waals surface area contributed by atoms with Gasteiger partial charge in [-0.15, -0.1) is 0 Å². The van der Waals surface area contributed by atoms with Crippen LogP contribution in [-0.2, 0) is 0 Å². The maximum atomic E-state index is 3.38. The van der Waals surface area contributed by atoms with Gasteiger partial charge in [-0.3, -0.25) is 0 Å². The number of nitrogens with zero attached hydrogens (tertiary/aromatic N) is 1. The second-order valence-corrected chi connectivity index (χ2v) is 3.54. The minimum Gasteiger partial charge on any atom is -0.359 e. The van der Waals surface area contributed by atoms with Crippen molar-refractivity contribution in [2.45, 2.75) is 12.1 Å². The van der Waals surface area contributed by atoms with Crippen LogP contribution in [0.3, 0.4) is 0 Å². The van der Waals surface area contributed by atoms with E-state index in [9.17, 15) is 0 Å². The van der Waals surface area contributed by atoms with Gasteiger partial charge >= 0.3 is 0 Å². The summed E-state index contributed by atoms with van der Waals surface area (Å²) in [4.78, 5) is 2.50. The number of rotatable bonds is 1. The van der Waals surface area contributed by atoms with Gasteiger partial charge in [0.2, 0.25) is 0 Å². The number of nitrogens with one attached hydrogen (secondary N) is 1. The molecular weight excluding hydrogens is 148 g/mol. The molecule has 0 bridgehead atoms. The fraction of sp³-hybridized carbons (Fsp3) is 0.400. The molecule has 2 atom stereocenters. The van der Waals surface area contributed by atoms with Gasteiger partial charge in [-0.25, -0.2) is 0 Å². The molecule has 2 fully saturated rings. The molecule has 0 amide bonds. The van der Waals surface area contributed by atoms with Gasteiger partial charge in [-0.2, -0.15) is 0 Å². The number of para-hydroxylation sites is 1. The van der Waals surface area contributed by atoms with Gasteiger partial charge in [0.1, 0.15) is 0 Å². The minimum absolute atomic E-state index is 0.785. The zero-order valence-corrected chi connectivity index (χ0v) is 6.90. The largest absolute Gasteiger partial charge is 0.359 e. The van der Waals surface area contributed by atoms with Crippen LogP contribution in [0.4, 0.5) is 5.69 Å². The lowest BCUT2D eigenvalue weighted by Gasteiger charge is -2.09. The Balaban J connectivity index is 1.85. The summed E-state index contributed by atoms with van der Waals surface area (Å²) in [7, 11) is 0. The number of benzene rings is 1. The quantitative estimate of drug-likeness (QED) is 0.612. The molecule has 1 N–H and O–H groups in total. The van der Waals surface area contributed by atoms with Crippen LogP contribution in [0, 0.1) is 0 Å². The van der Waals surface area contributed by atoms with E-state index in [-0.39, 0.29) is 0 Å². The van der Waals surface area contributed by atoms with Crippen LogP contribution in [-0.4, -0.2) is 25.2 Å². The molecule has 2 aliphatic rings. The van der Waals surface area contributed by atoms with Crippen LogP contribution in [0.2, 0.25) is 0 Å². The number of hydrogen-bond donors (Lipinski definition) is 1. The van der Waals surface area contributed by atoms with Crippen molar-refractivity contribution >= 4 is 5.69 Å². The zero-order valence-electron chi connectivity index (χ0n) is 6.90. The summed E-state index contributed by atoms with van der Waals surface area (Å²) < 4.78 is 0. The molecule has 0 unspecified atom stereocenters. The molecule has 2 heteroatoms. The van der Waals surface area contributed by atoms with E-state index in [1.165, 1.54) is 18.8 Å². The average Bonchev–Trinajstić information content (AvgIpc) is 2.62. The number of piperazine rings is 1. The maximum absolute atomic E-state index is 3.38. The Morgan fingerprint density at radius 3 is 2.42 bits per heavy atom. The predicted molar refractivity (Wildman–Crippen MR) is 49.4 cm³/mol. The molecule has 62 valence electrons. The topological polar surface area (TPSA) is 15.0 Å². The first-order valence-corrected chi connectivity index (χ1v) is 4.51. The van der Waals surface area contributed by atoms with Gasteiger partial charge in [-0.05, 0) is 12.1 Å². The van der Waals surface area contributed by atoms with E-state index in [0.717, 1.165) is 12.1 Å². The van der Waals surface area contributed by atoms with Crippen molar-refractivity contribution < 1.29 is 0 Å². The lowest BCUT2D eigenvalue weighted by Crippen LogP contribution is -2.22. The van der Waals surface area contributed by atoms with E-state index in [4.69, 9.17) is 0 Å². The molecule has 2 heterocycles. The number of hydrogen-bond acceptors (Lipinski definition) is 2. The van der Waals surface area contributed by atoms with E-state index in [0.29, 0.717) is 0 Å². The Morgan fingerprint density at radius 1 is 1.08 bits per heavy atom. The van der Waals surface area contributed by atoms with E-state index in [1.54, 1.807) is 0 Å². The first-order chi connectivity index (χ1) is 5.97. The molecule has 0 aliphatic carbocycles. The predicted octanol–water partition coefficient (Wildman–Crippen LogP) is 0.847. The van der Waals surface area contributed by atoms with Crippen molar-refractivity contribution in [1.82, 2.24) is 5.32 Å². The lowest BCUT2D eigenvalue weighted by atomic mass is 10.3. The van der Waals surface area contributed by atoms with Crippen molar-refractivity contribution in [3.8, 4) is 0 Å². The summed E-state index contributed by atoms with van der Waals surface area (Å²) in [6, 6.07) is 12.2. The van der Waals surface area contributed by atoms with E-state index in [2.05, 4.69) is 40.5 Å². The highest BCUT2D eigenvalue weighted by molar-refractivity contribution is 5.57. The van der Waals surface area contributed by atoms with Crippen LogP contribution < -0.4 is 10.2 Å². The van der Waals surface area contributed by atoms with Crippen LogP contribution in [0.5, 0.6) is 0 Å². The zero-order chi connectivity index (χ0) is 7.97. The third-order valence-corrected chi connectivity index (χ3v) is 2.83. The van der Waals surface area contributed by atoms with Gasteiger partial charge in [0, 0.05) is 18.8 Å². The molecule has 2 aliphatic heterocycles. The third-order valence-electron chi connectivity index (χ3n) is 2.83. The standard InChI is InChI=1S/C10H12N2/c1-2-4-8(5-3-1)12-9-6-11-7-10(9)12/h1-5,9-11H,6-7H2/t9-,10-/m1/s1. The minimum atomic E-state index is 0.785. The van der Waals surface area contributed by atoms with Crippen LogP contribution in [0.15, 0.2) is 30.3 Å². The summed E-state index contributed by atoms with van der Waals surface area (Å²) in [5.41, 5.74) is 1.38. The second kappa shape index (κ2) is 2.23. The SMILES string of the molecule is c1ccc(N2[C@@H]3CNC[C@H]32)cc1. The molecule has 3 rings (SSSR count). The van der Waals surface area contributed by atoms with E-state index >= 15 is 0 Å². The van der Waals surface area contributed by atoms with Crippen molar-refractivity contribution in [3.63, 3.8) is 0 Å². The normalized spacial score (nSPS) is 31.8. The number of anilines is 1. The van der Waals surface area contributed by atoms with Crippen molar-refractivity contribution in [1.29, 1.82) is 0 Å². The average molecular weight is 160 g/mol. The Hall–Kier alpha value is -1.02. The van der Waals surface area contributed by atoms with E-state index in [1.807, 2.05) is 0 Å². The smallest absolute Gasteiger partial charge is 0.0635 e. The first kappa shape index (κ1) is 6.49. The highest BCUT2D eigenvalue weighted by Gasteiger charge is 2.50. The third kappa shape index (κ3) is 0.786. The van der Waals surface area contributed by atoms with Crippen molar-refractivity contribution in [2.75, 3.05) is 18.0 Å².